The summed E-state index contributed by atoms with van der Waals surface area (Å²) in [6, 6.07) is 5.68. The molecule has 0 radical (unpaired) electrons. The molecular weight excluding hydrogens is 258 g/mol. The standard InChI is InChI=1S/C15H19NO4/c1-18-13-5-4-11(8-12(13)10-16)9-15(14(17)19-2)6-3-7-20-15/h3-6,8H,7,9-10,16H2,1-2H3. The van der Waals surface area contributed by atoms with Crippen molar-refractivity contribution in [3.05, 3.63) is 41.5 Å². The Morgan fingerprint density at radius 3 is 2.80 bits per heavy atom. The number of methoxy groups -OCH3 is 2. The average molecular weight is 277 g/mol. The van der Waals surface area contributed by atoms with Gasteiger partial charge in [0.15, 0.2) is 5.60 Å². The van der Waals surface area contributed by atoms with Crippen LogP contribution in [0.15, 0.2) is 30.4 Å². The number of carbonyl (C=O) groups excluding carboxylic acids is 1. The zero-order valence-electron chi connectivity index (χ0n) is 11.7. The Balaban J connectivity index is 2.28. The molecule has 1 aliphatic rings. The first kappa shape index (κ1) is 14.6. The van der Waals surface area contributed by atoms with E-state index in [9.17, 15) is 4.79 Å². The highest BCUT2D eigenvalue weighted by Gasteiger charge is 2.40. The predicted molar refractivity (Wildman–Crippen MR) is 74.4 cm³/mol. The molecule has 0 bridgehead atoms. The van der Waals surface area contributed by atoms with Crippen molar-refractivity contribution in [3.63, 3.8) is 0 Å². The van der Waals surface area contributed by atoms with Crippen molar-refractivity contribution in [2.75, 3.05) is 20.8 Å². The third kappa shape index (κ3) is 2.69. The van der Waals surface area contributed by atoms with E-state index < -0.39 is 11.6 Å². The third-order valence-corrected chi connectivity index (χ3v) is 3.39. The first-order valence-electron chi connectivity index (χ1n) is 6.41. The molecule has 2 rings (SSSR count). The Labute approximate surface area is 118 Å². The summed E-state index contributed by atoms with van der Waals surface area (Å²) in [5.41, 5.74) is 6.52. The minimum Gasteiger partial charge on any atom is -0.496 e. The highest BCUT2D eigenvalue weighted by molar-refractivity contribution is 5.83. The lowest BCUT2D eigenvalue weighted by atomic mass is 9.93. The first-order chi connectivity index (χ1) is 9.65. The van der Waals surface area contributed by atoms with Gasteiger partial charge < -0.3 is 19.9 Å². The van der Waals surface area contributed by atoms with Crippen LogP contribution >= 0.6 is 0 Å². The van der Waals surface area contributed by atoms with Gasteiger partial charge in [-0.3, -0.25) is 0 Å². The van der Waals surface area contributed by atoms with E-state index in [0.717, 1.165) is 16.9 Å². The zero-order chi connectivity index (χ0) is 14.6. The number of carbonyl (C=O) groups is 1. The van der Waals surface area contributed by atoms with Crippen LogP contribution < -0.4 is 10.5 Å². The van der Waals surface area contributed by atoms with Gasteiger partial charge in [0.1, 0.15) is 5.75 Å². The maximum absolute atomic E-state index is 12.0. The smallest absolute Gasteiger partial charge is 0.342 e. The summed E-state index contributed by atoms with van der Waals surface area (Å²) in [6.45, 7) is 0.786. The largest absolute Gasteiger partial charge is 0.496 e. The van der Waals surface area contributed by atoms with Gasteiger partial charge in [0.25, 0.3) is 0 Å². The number of hydrogen-bond acceptors (Lipinski definition) is 5. The molecular formula is C15H19NO4. The molecule has 1 aromatic rings. The molecule has 1 heterocycles. The number of esters is 1. The zero-order valence-corrected chi connectivity index (χ0v) is 11.7. The van der Waals surface area contributed by atoms with Crippen molar-refractivity contribution in [1.29, 1.82) is 0 Å². The van der Waals surface area contributed by atoms with Crippen molar-refractivity contribution >= 4 is 5.97 Å². The maximum atomic E-state index is 12.0. The van der Waals surface area contributed by atoms with Gasteiger partial charge in [-0.2, -0.15) is 0 Å². The van der Waals surface area contributed by atoms with Crippen LogP contribution in [0.3, 0.4) is 0 Å². The van der Waals surface area contributed by atoms with E-state index in [4.69, 9.17) is 19.9 Å². The van der Waals surface area contributed by atoms with Gasteiger partial charge in [-0.25, -0.2) is 4.79 Å². The molecule has 0 saturated carbocycles. The van der Waals surface area contributed by atoms with Crippen LogP contribution in [0, 0.1) is 0 Å². The van der Waals surface area contributed by atoms with Crippen molar-refractivity contribution in [3.8, 4) is 5.75 Å². The minimum absolute atomic E-state index is 0.374. The summed E-state index contributed by atoms with van der Waals surface area (Å²) in [5, 5.41) is 0. The van der Waals surface area contributed by atoms with Crippen LogP contribution in [-0.4, -0.2) is 32.4 Å². The van der Waals surface area contributed by atoms with Crippen LogP contribution in [0.5, 0.6) is 5.75 Å². The lowest BCUT2D eigenvalue weighted by Gasteiger charge is -2.24. The SMILES string of the molecule is COC(=O)C1(Cc2ccc(OC)c(CN)c2)C=CCO1. The van der Waals surface area contributed by atoms with E-state index in [-0.39, 0.29) is 0 Å². The van der Waals surface area contributed by atoms with Crippen molar-refractivity contribution in [1.82, 2.24) is 0 Å². The number of nitrogens with two attached hydrogens (primary N) is 1. The minimum atomic E-state index is -1.03. The number of ether oxygens (including phenoxy) is 3. The second-order valence-electron chi connectivity index (χ2n) is 4.62. The van der Waals surface area contributed by atoms with E-state index in [1.807, 2.05) is 24.3 Å². The molecule has 0 aliphatic carbocycles. The lowest BCUT2D eigenvalue weighted by molar-refractivity contribution is -0.160. The Morgan fingerprint density at radius 1 is 1.45 bits per heavy atom. The number of benzene rings is 1. The second kappa shape index (κ2) is 6.07. The molecule has 20 heavy (non-hydrogen) atoms. The maximum Gasteiger partial charge on any atom is 0.342 e. The van der Waals surface area contributed by atoms with Crippen LogP contribution in [0.1, 0.15) is 11.1 Å². The molecule has 0 saturated heterocycles. The molecule has 2 N–H and O–H groups in total. The second-order valence-corrected chi connectivity index (χ2v) is 4.62. The van der Waals surface area contributed by atoms with Gasteiger partial charge in [0, 0.05) is 18.5 Å². The Hall–Kier alpha value is -1.85. The molecule has 1 unspecified atom stereocenters. The molecule has 0 aromatic heterocycles. The van der Waals surface area contributed by atoms with Gasteiger partial charge in [0.05, 0.1) is 20.8 Å². The summed E-state index contributed by atoms with van der Waals surface area (Å²) in [5.74, 6) is 0.350. The normalized spacial score (nSPS) is 20.9. The molecule has 5 heteroatoms. The molecule has 0 spiro atoms. The first-order valence-corrected chi connectivity index (χ1v) is 6.41. The van der Waals surface area contributed by atoms with E-state index >= 15 is 0 Å². The highest BCUT2D eigenvalue weighted by atomic mass is 16.6. The molecule has 1 atom stereocenters. The summed E-state index contributed by atoms with van der Waals surface area (Å²) < 4.78 is 15.7. The van der Waals surface area contributed by atoms with Crippen molar-refractivity contribution < 1.29 is 19.0 Å². The van der Waals surface area contributed by atoms with E-state index in [1.54, 1.807) is 13.2 Å². The van der Waals surface area contributed by atoms with Crippen LogP contribution in [-0.2, 0) is 27.2 Å². The highest BCUT2D eigenvalue weighted by Crippen LogP contribution is 2.28. The van der Waals surface area contributed by atoms with E-state index in [1.165, 1.54) is 7.11 Å². The number of hydrogen-bond donors (Lipinski definition) is 1. The summed E-state index contributed by atoms with van der Waals surface area (Å²) >= 11 is 0. The third-order valence-electron chi connectivity index (χ3n) is 3.39. The van der Waals surface area contributed by atoms with E-state index in [0.29, 0.717) is 19.6 Å². The fraction of sp³-hybridized carbons (Fsp3) is 0.400. The van der Waals surface area contributed by atoms with Crippen LogP contribution in [0.4, 0.5) is 0 Å². The Morgan fingerprint density at radius 2 is 2.25 bits per heavy atom. The predicted octanol–water partition coefficient (Wildman–Crippen LogP) is 1.19. The van der Waals surface area contributed by atoms with Crippen molar-refractivity contribution in [2.24, 2.45) is 5.73 Å². The van der Waals surface area contributed by atoms with Gasteiger partial charge in [-0.05, 0) is 17.7 Å². The van der Waals surface area contributed by atoms with Gasteiger partial charge in [-0.1, -0.05) is 18.2 Å². The summed E-state index contributed by atoms with van der Waals surface area (Å²) in [6.07, 6.45) is 3.99. The van der Waals surface area contributed by atoms with Crippen molar-refractivity contribution in [2.45, 2.75) is 18.6 Å². The molecule has 0 fully saturated rings. The van der Waals surface area contributed by atoms with Gasteiger partial charge in [-0.15, -0.1) is 0 Å². The van der Waals surface area contributed by atoms with Crippen LogP contribution in [0.2, 0.25) is 0 Å². The fourth-order valence-electron chi connectivity index (χ4n) is 2.37. The van der Waals surface area contributed by atoms with Gasteiger partial charge in [0.2, 0.25) is 0 Å². The molecule has 1 aliphatic heterocycles. The summed E-state index contributed by atoms with van der Waals surface area (Å²) in [4.78, 5) is 12.0. The van der Waals surface area contributed by atoms with E-state index in [2.05, 4.69) is 0 Å². The monoisotopic (exact) mass is 277 g/mol. The fourth-order valence-corrected chi connectivity index (χ4v) is 2.37. The summed E-state index contributed by atoms with van der Waals surface area (Å²) in [7, 11) is 2.96. The van der Waals surface area contributed by atoms with Gasteiger partial charge >= 0.3 is 5.97 Å². The molecule has 5 nitrogen and oxygen atoms in total. The van der Waals surface area contributed by atoms with Crippen LogP contribution in [0.25, 0.3) is 0 Å². The number of rotatable bonds is 5. The Kier molecular flexibility index (Phi) is 4.42. The average Bonchev–Trinajstić information content (AvgIpc) is 2.95. The lowest BCUT2D eigenvalue weighted by Crippen LogP contribution is -2.40. The topological polar surface area (TPSA) is 70.8 Å². The molecule has 1 aromatic carbocycles. The molecule has 108 valence electrons. The Bertz CT molecular complexity index is 527. The quantitative estimate of drug-likeness (QED) is 0.646. The molecule has 0 amide bonds.